The summed E-state index contributed by atoms with van der Waals surface area (Å²) in [5.41, 5.74) is 4.15. The zero-order valence-corrected chi connectivity index (χ0v) is 30.7. The number of benzene rings is 3. The molecule has 0 aliphatic carbocycles. The molecule has 50 heavy (non-hydrogen) atoms. The lowest BCUT2D eigenvalue weighted by molar-refractivity contribution is -0.190. The van der Waals surface area contributed by atoms with Crippen molar-refractivity contribution in [3.8, 4) is 5.75 Å². The molecule has 7 rings (SSSR count). The Morgan fingerprint density at radius 3 is 2.30 bits per heavy atom. The van der Waals surface area contributed by atoms with Gasteiger partial charge >= 0.3 is 0 Å². The summed E-state index contributed by atoms with van der Waals surface area (Å²) < 4.78 is 26.2. The van der Waals surface area contributed by atoms with E-state index in [1.165, 1.54) is 17.7 Å². The van der Waals surface area contributed by atoms with E-state index in [4.69, 9.17) is 47.1 Å². The number of halogens is 2. The van der Waals surface area contributed by atoms with Crippen molar-refractivity contribution in [2.24, 2.45) is 4.99 Å². The second kappa shape index (κ2) is 15.4. The third-order valence-electron chi connectivity index (χ3n) is 9.11. The first-order chi connectivity index (χ1) is 24.3. The molecule has 3 saturated heterocycles. The third-order valence-corrected chi connectivity index (χ3v) is 10.8. The van der Waals surface area contributed by atoms with Crippen LogP contribution < -0.4 is 14.5 Å². The van der Waals surface area contributed by atoms with Crippen LogP contribution in [0.5, 0.6) is 5.75 Å². The van der Waals surface area contributed by atoms with Gasteiger partial charge in [-0.2, -0.15) is 5.10 Å². The van der Waals surface area contributed by atoms with E-state index in [0.29, 0.717) is 34.9 Å². The lowest BCUT2D eigenvalue weighted by Crippen LogP contribution is -2.46. The van der Waals surface area contributed by atoms with Gasteiger partial charge in [0.2, 0.25) is 5.79 Å². The zero-order chi connectivity index (χ0) is 34.7. The molecule has 264 valence electrons. The number of methoxy groups -OCH3 is 1. The lowest BCUT2D eigenvalue weighted by atomic mass is 10.1. The molecule has 1 aromatic heterocycles. The first kappa shape index (κ1) is 34.9. The van der Waals surface area contributed by atoms with Crippen molar-refractivity contribution in [1.82, 2.24) is 19.7 Å². The summed E-state index contributed by atoms with van der Waals surface area (Å²) >= 11 is 14.4. The van der Waals surface area contributed by atoms with Gasteiger partial charge in [0.15, 0.2) is 5.17 Å². The second-order valence-electron chi connectivity index (χ2n) is 12.7. The Morgan fingerprint density at radius 2 is 1.68 bits per heavy atom. The Balaban J connectivity index is 0.913. The number of anilines is 2. The van der Waals surface area contributed by atoms with Gasteiger partial charge in [0.25, 0.3) is 0 Å². The van der Waals surface area contributed by atoms with Crippen LogP contribution >= 0.6 is 35.0 Å². The van der Waals surface area contributed by atoms with Crippen LogP contribution in [0.2, 0.25) is 10.0 Å². The van der Waals surface area contributed by atoms with Gasteiger partial charge < -0.3 is 33.6 Å². The van der Waals surface area contributed by atoms with E-state index in [2.05, 4.69) is 75.0 Å². The van der Waals surface area contributed by atoms with Crippen molar-refractivity contribution in [3.63, 3.8) is 0 Å². The van der Waals surface area contributed by atoms with E-state index in [1.807, 2.05) is 18.2 Å². The Kier molecular flexibility index (Phi) is 10.7. The molecule has 11 nitrogen and oxygen atoms in total. The van der Waals surface area contributed by atoms with E-state index in [-0.39, 0.29) is 18.1 Å². The molecule has 0 spiro atoms. The summed E-state index contributed by atoms with van der Waals surface area (Å²) in [6.07, 6.45) is 2.77. The number of hydrogen-bond acceptors (Lipinski definition) is 10. The topological polar surface area (TPSA) is 89.7 Å². The Bertz CT molecular complexity index is 1760. The maximum Gasteiger partial charge on any atom is 0.217 e. The highest BCUT2D eigenvalue weighted by Gasteiger charge is 2.45. The van der Waals surface area contributed by atoms with Crippen molar-refractivity contribution in [2.45, 2.75) is 43.8 Å². The summed E-state index contributed by atoms with van der Waals surface area (Å²) in [5, 5.41) is 6.25. The summed E-state index contributed by atoms with van der Waals surface area (Å²) in [5.74, 6) is -0.382. The molecule has 3 unspecified atom stereocenters. The zero-order valence-electron chi connectivity index (χ0n) is 28.3. The van der Waals surface area contributed by atoms with Gasteiger partial charge in [-0.25, -0.2) is 14.7 Å². The summed E-state index contributed by atoms with van der Waals surface area (Å²) in [7, 11) is 1.76. The number of piperazine rings is 1. The highest BCUT2D eigenvalue weighted by molar-refractivity contribution is 8.14. The van der Waals surface area contributed by atoms with E-state index in [9.17, 15) is 0 Å². The second-order valence-corrected chi connectivity index (χ2v) is 14.7. The van der Waals surface area contributed by atoms with E-state index in [1.54, 1.807) is 42.0 Å². The predicted octanol–water partition coefficient (Wildman–Crippen LogP) is 6.68. The van der Waals surface area contributed by atoms with Gasteiger partial charge in [0.05, 0.1) is 23.9 Å². The molecule has 14 heteroatoms. The first-order valence-corrected chi connectivity index (χ1v) is 18.4. The van der Waals surface area contributed by atoms with Crippen molar-refractivity contribution in [3.05, 3.63) is 95.0 Å². The molecule has 0 amide bonds. The van der Waals surface area contributed by atoms with Crippen LogP contribution in [0.4, 0.5) is 17.1 Å². The van der Waals surface area contributed by atoms with Gasteiger partial charge in [-0.3, -0.25) is 0 Å². The molecule has 3 aromatic carbocycles. The molecule has 0 saturated carbocycles. The number of nitrogens with zero attached hydrogens (tertiary/aromatic N) is 7. The average Bonchev–Trinajstić information content (AvgIpc) is 3.89. The van der Waals surface area contributed by atoms with Crippen molar-refractivity contribution in [1.29, 1.82) is 0 Å². The van der Waals surface area contributed by atoms with Crippen LogP contribution in [-0.4, -0.2) is 95.5 Å². The fourth-order valence-electron chi connectivity index (χ4n) is 6.40. The van der Waals surface area contributed by atoms with Crippen LogP contribution in [0.3, 0.4) is 0 Å². The molecule has 0 N–H and O–H groups in total. The molecule has 3 aliphatic heterocycles. The summed E-state index contributed by atoms with van der Waals surface area (Å²) in [6, 6.07) is 22.5. The minimum Gasteiger partial charge on any atom is -0.491 e. The van der Waals surface area contributed by atoms with Crippen molar-refractivity contribution >= 4 is 57.2 Å². The SMILES string of the molecule is COC1CN(C(C)C)C(=Nc2ccc(N3CCN(c4ccc(OCC5COC(Cn6cncn6)(c6ccc(Cl)cc6Cl)O5)cc4)CC3)cc2)S1. The Morgan fingerprint density at radius 1 is 0.980 bits per heavy atom. The monoisotopic (exact) mass is 737 g/mol. The molecule has 0 radical (unpaired) electrons. The van der Waals surface area contributed by atoms with Crippen LogP contribution in [0.25, 0.3) is 0 Å². The van der Waals surface area contributed by atoms with Crippen LogP contribution in [0, 0.1) is 0 Å². The number of thioether (sulfide) groups is 1. The standard InChI is InChI=1S/C36H41Cl2N7O4S/c1-25(2)45-19-34(46-3)50-35(45)41-27-5-7-28(8-6-27)42-14-16-43(17-15-42)29-9-11-30(12-10-29)47-20-31-21-48-36(49-31,22-44-24-39-23-40-44)32-13-4-26(37)18-33(32)38/h4-13,18,23-25,31,34H,14-17,19-22H2,1-3H3. The fraction of sp³-hybridized carbons (Fsp3) is 0.417. The average molecular weight is 739 g/mol. The van der Waals surface area contributed by atoms with E-state index >= 15 is 0 Å². The summed E-state index contributed by atoms with van der Waals surface area (Å²) in [4.78, 5) is 16.1. The minimum atomic E-state index is -1.15. The molecule has 4 heterocycles. The largest absolute Gasteiger partial charge is 0.491 e. The molecule has 0 bridgehead atoms. The first-order valence-electron chi connectivity index (χ1n) is 16.8. The van der Waals surface area contributed by atoms with Crippen LogP contribution in [-0.2, 0) is 26.5 Å². The molecule has 3 fully saturated rings. The molecule has 3 aliphatic rings. The normalized spacial score (nSPS) is 23.4. The highest BCUT2D eigenvalue weighted by Crippen LogP contribution is 2.40. The lowest BCUT2D eigenvalue weighted by Gasteiger charge is -2.37. The van der Waals surface area contributed by atoms with Crippen LogP contribution in [0.15, 0.2) is 84.4 Å². The van der Waals surface area contributed by atoms with Crippen molar-refractivity contribution < 1.29 is 18.9 Å². The summed E-state index contributed by atoms with van der Waals surface area (Å²) in [6.45, 7) is 9.89. The van der Waals surface area contributed by atoms with E-state index in [0.717, 1.165) is 49.3 Å². The molecule has 3 atom stereocenters. The minimum absolute atomic E-state index is 0.122. The quantitative estimate of drug-likeness (QED) is 0.166. The maximum absolute atomic E-state index is 6.59. The van der Waals surface area contributed by atoms with Crippen molar-refractivity contribution in [2.75, 3.05) is 62.8 Å². The number of amidine groups is 1. The Labute approximate surface area is 307 Å². The van der Waals surface area contributed by atoms with Gasteiger partial charge in [0.1, 0.15) is 43.1 Å². The predicted molar refractivity (Wildman–Crippen MR) is 199 cm³/mol. The third kappa shape index (κ3) is 7.85. The van der Waals surface area contributed by atoms with Gasteiger partial charge in [-0.1, -0.05) is 41.0 Å². The molecular weight excluding hydrogens is 697 g/mol. The highest BCUT2D eigenvalue weighted by atomic mass is 35.5. The Hall–Kier alpha value is -3.52. The number of hydrogen-bond donors (Lipinski definition) is 0. The maximum atomic E-state index is 6.59. The van der Waals surface area contributed by atoms with Crippen LogP contribution in [0.1, 0.15) is 19.4 Å². The number of aromatic nitrogens is 3. The van der Waals surface area contributed by atoms with Gasteiger partial charge in [-0.15, -0.1) is 0 Å². The fourth-order valence-corrected chi connectivity index (χ4v) is 8.10. The number of aliphatic imine (C=N–C) groups is 1. The number of ether oxygens (including phenoxy) is 4. The van der Waals surface area contributed by atoms with Gasteiger partial charge in [0, 0.05) is 61.3 Å². The van der Waals surface area contributed by atoms with E-state index < -0.39 is 5.79 Å². The number of rotatable bonds is 11. The smallest absolute Gasteiger partial charge is 0.217 e. The molecular formula is C36H41Cl2N7O4S. The molecule has 4 aromatic rings. The van der Waals surface area contributed by atoms with Gasteiger partial charge in [-0.05, 0) is 74.5 Å².